The van der Waals surface area contributed by atoms with E-state index in [2.05, 4.69) is 53.2 Å². The number of anilines is 1. The molecule has 1 aliphatic heterocycles. The van der Waals surface area contributed by atoms with Crippen LogP contribution in [0.5, 0.6) is 0 Å². The standard InChI is InChI=1S/C29H30N4O2S/c1-5-32-24-10-8-7-9-21(24)22-16-20(12-14-25(22)32)30-29-33(6-2)28(35)26(36-29)17-27(34)31-23-13-11-18(3)15-19(23)4/h7-16,26H,5-6,17H2,1-4H3,(H,31,34)/t26-/m1/s1. The van der Waals surface area contributed by atoms with Crippen LogP contribution < -0.4 is 5.32 Å². The van der Waals surface area contributed by atoms with Gasteiger partial charge in [0.05, 0.1) is 5.69 Å². The molecule has 2 amide bonds. The summed E-state index contributed by atoms with van der Waals surface area (Å²) >= 11 is 1.37. The maximum Gasteiger partial charge on any atom is 0.242 e. The number of hydrogen-bond acceptors (Lipinski definition) is 4. The predicted molar refractivity (Wildman–Crippen MR) is 150 cm³/mol. The van der Waals surface area contributed by atoms with Gasteiger partial charge >= 0.3 is 0 Å². The normalized spacial score (nSPS) is 17.0. The molecule has 0 radical (unpaired) electrons. The summed E-state index contributed by atoms with van der Waals surface area (Å²) in [6.45, 7) is 9.47. The number of fused-ring (bicyclic) bond motifs is 3. The van der Waals surface area contributed by atoms with Crippen LogP contribution in [0.15, 0.2) is 65.7 Å². The molecular formula is C29H30N4O2S. The minimum absolute atomic E-state index is 0.0688. The molecule has 0 saturated carbocycles. The van der Waals surface area contributed by atoms with Gasteiger partial charge in [0.15, 0.2) is 5.17 Å². The van der Waals surface area contributed by atoms with E-state index in [-0.39, 0.29) is 18.2 Å². The Kier molecular flexibility index (Phi) is 6.58. The van der Waals surface area contributed by atoms with Crippen molar-refractivity contribution in [2.24, 2.45) is 4.99 Å². The highest BCUT2D eigenvalue weighted by Gasteiger charge is 2.38. The second-order valence-corrected chi connectivity index (χ2v) is 10.3. The molecule has 1 saturated heterocycles. The van der Waals surface area contributed by atoms with E-state index in [1.54, 1.807) is 4.90 Å². The lowest BCUT2D eigenvalue weighted by atomic mass is 10.1. The molecule has 0 spiro atoms. The van der Waals surface area contributed by atoms with Gasteiger partial charge in [0.1, 0.15) is 5.25 Å². The van der Waals surface area contributed by atoms with E-state index in [9.17, 15) is 9.59 Å². The van der Waals surface area contributed by atoms with E-state index in [1.165, 1.54) is 28.2 Å². The average molecular weight is 499 g/mol. The largest absolute Gasteiger partial charge is 0.341 e. The molecule has 36 heavy (non-hydrogen) atoms. The number of amidine groups is 1. The molecule has 4 aromatic rings. The monoisotopic (exact) mass is 498 g/mol. The molecule has 184 valence electrons. The Labute approximate surface area is 215 Å². The number of para-hydroxylation sites is 1. The van der Waals surface area contributed by atoms with Crippen LogP contribution in [0.4, 0.5) is 11.4 Å². The Morgan fingerprint density at radius 1 is 0.972 bits per heavy atom. The SMILES string of the molecule is CCN1C(=O)[C@@H](CC(=O)Nc2ccc(C)cc2C)SC1=Nc1ccc2c(c1)c1ccccc1n2CC. The third-order valence-corrected chi connectivity index (χ3v) is 7.84. The molecular weight excluding hydrogens is 468 g/mol. The number of carbonyl (C=O) groups excluding carboxylic acids is 2. The van der Waals surface area contributed by atoms with E-state index < -0.39 is 5.25 Å². The molecule has 0 aliphatic carbocycles. The molecule has 1 fully saturated rings. The fraction of sp³-hybridized carbons (Fsp3) is 0.276. The van der Waals surface area contributed by atoms with Gasteiger partial charge in [-0.25, -0.2) is 4.99 Å². The number of hydrogen-bond donors (Lipinski definition) is 1. The van der Waals surface area contributed by atoms with Crippen molar-refractivity contribution >= 4 is 61.9 Å². The number of nitrogens with one attached hydrogen (secondary N) is 1. The number of aromatic nitrogens is 1. The van der Waals surface area contributed by atoms with Gasteiger partial charge in [-0.05, 0) is 63.6 Å². The zero-order valence-electron chi connectivity index (χ0n) is 21.0. The first-order chi connectivity index (χ1) is 17.4. The molecule has 3 aromatic carbocycles. The predicted octanol–water partition coefficient (Wildman–Crippen LogP) is 6.41. The quantitative estimate of drug-likeness (QED) is 0.334. The van der Waals surface area contributed by atoms with Gasteiger partial charge in [0, 0.05) is 47.0 Å². The van der Waals surface area contributed by atoms with Crippen molar-refractivity contribution in [2.45, 2.75) is 45.9 Å². The van der Waals surface area contributed by atoms with Crippen molar-refractivity contribution < 1.29 is 9.59 Å². The Morgan fingerprint density at radius 3 is 2.50 bits per heavy atom. The summed E-state index contributed by atoms with van der Waals surface area (Å²) in [7, 11) is 0. The fourth-order valence-electron chi connectivity index (χ4n) is 4.90. The highest BCUT2D eigenvalue weighted by molar-refractivity contribution is 8.15. The van der Waals surface area contributed by atoms with Crippen molar-refractivity contribution in [2.75, 3.05) is 11.9 Å². The second-order valence-electron chi connectivity index (χ2n) is 9.12. The number of nitrogens with zero attached hydrogens (tertiary/aromatic N) is 3. The number of amides is 2. The Hall–Kier alpha value is -3.58. The van der Waals surface area contributed by atoms with Gasteiger partial charge < -0.3 is 9.88 Å². The molecule has 1 N–H and O–H groups in total. The van der Waals surface area contributed by atoms with Gasteiger partial charge in [-0.15, -0.1) is 0 Å². The van der Waals surface area contributed by atoms with E-state index >= 15 is 0 Å². The lowest BCUT2D eigenvalue weighted by Crippen LogP contribution is -2.33. The van der Waals surface area contributed by atoms with Crippen molar-refractivity contribution in [3.8, 4) is 0 Å². The van der Waals surface area contributed by atoms with Crippen LogP contribution in [-0.4, -0.2) is 38.2 Å². The zero-order chi connectivity index (χ0) is 25.4. The maximum atomic E-state index is 13.1. The summed E-state index contributed by atoms with van der Waals surface area (Å²) in [5, 5.41) is 5.46. The zero-order valence-corrected chi connectivity index (χ0v) is 21.9. The lowest BCUT2D eigenvalue weighted by molar-refractivity contribution is -0.128. The second kappa shape index (κ2) is 9.82. The van der Waals surface area contributed by atoms with Gasteiger partial charge in [-0.2, -0.15) is 0 Å². The highest BCUT2D eigenvalue weighted by atomic mass is 32.2. The minimum atomic E-state index is -0.486. The average Bonchev–Trinajstić information content (AvgIpc) is 3.34. The summed E-state index contributed by atoms with van der Waals surface area (Å²) in [4.78, 5) is 32.4. The van der Waals surface area contributed by atoms with Gasteiger partial charge in [0.2, 0.25) is 11.8 Å². The maximum absolute atomic E-state index is 13.1. The summed E-state index contributed by atoms with van der Waals surface area (Å²) in [6.07, 6.45) is 0.107. The van der Waals surface area contributed by atoms with Crippen LogP contribution in [0, 0.1) is 13.8 Å². The Bertz CT molecular complexity index is 1520. The van der Waals surface area contributed by atoms with Crippen molar-refractivity contribution in [1.82, 2.24) is 9.47 Å². The summed E-state index contributed by atoms with van der Waals surface area (Å²) < 4.78 is 2.30. The molecule has 7 heteroatoms. The first kappa shape index (κ1) is 24.1. The summed E-state index contributed by atoms with van der Waals surface area (Å²) in [5.74, 6) is -0.236. The molecule has 0 unspecified atom stereocenters. The Balaban J connectivity index is 1.40. The van der Waals surface area contributed by atoms with Crippen LogP contribution in [0.25, 0.3) is 21.8 Å². The molecule has 1 aromatic heterocycles. The number of carbonyl (C=O) groups is 2. The van der Waals surface area contributed by atoms with Crippen LogP contribution >= 0.6 is 11.8 Å². The summed E-state index contributed by atoms with van der Waals surface area (Å²) in [6, 6.07) is 20.5. The van der Waals surface area contributed by atoms with Gasteiger partial charge in [-0.3, -0.25) is 14.5 Å². The third-order valence-electron chi connectivity index (χ3n) is 6.66. The van der Waals surface area contributed by atoms with E-state index in [0.29, 0.717) is 11.7 Å². The van der Waals surface area contributed by atoms with E-state index in [4.69, 9.17) is 4.99 Å². The van der Waals surface area contributed by atoms with Crippen LogP contribution in [-0.2, 0) is 16.1 Å². The highest BCUT2D eigenvalue weighted by Crippen LogP contribution is 2.35. The first-order valence-electron chi connectivity index (χ1n) is 12.3. The molecule has 1 aliphatic rings. The van der Waals surface area contributed by atoms with Crippen molar-refractivity contribution in [3.05, 3.63) is 71.8 Å². The van der Waals surface area contributed by atoms with Crippen molar-refractivity contribution in [3.63, 3.8) is 0 Å². The molecule has 6 nitrogen and oxygen atoms in total. The van der Waals surface area contributed by atoms with Crippen molar-refractivity contribution in [1.29, 1.82) is 0 Å². The number of thioether (sulfide) groups is 1. The van der Waals surface area contributed by atoms with Crippen LogP contribution in [0.1, 0.15) is 31.4 Å². The number of aryl methyl sites for hydroxylation is 3. The molecule has 0 bridgehead atoms. The first-order valence-corrected chi connectivity index (χ1v) is 13.2. The lowest BCUT2D eigenvalue weighted by Gasteiger charge is -2.13. The smallest absolute Gasteiger partial charge is 0.242 e. The van der Waals surface area contributed by atoms with Crippen LogP contribution in [0.2, 0.25) is 0 Å². The topological polar surface area (TPSA) is 66.7 Å². The third kappa shape index (κ3) is 4.39. The number of rotatable bonds is 6. The molecule has 2 heterocycles. The molecule has 5 rings (SSSR count). The fourth-order valence-corrected chi connectivity index (χ4v) is 6.12. The minimum Gasteiger partial charge on any atom is -0.341 e. The molecule has 1 atom stereocenters. The van der Waals surface area contributed by atoms with Gasteiger partial charge in [-0.1, -0.05) is 47.7 Å². The van der Waals surface area contributed by atoms with E-state index in [0.717, 1.165) is 34.4 Å². The van der Waals surface area contributed by atoms with E-state index in [1.807, 2.05) is 45.0 Å². The summed E-state index contributed by atoms with van der Waals surface area (Å²) in [5.41, 5.74) is 6.11. The Morgan fingerprint density at radius 2 is 1.75 bits per heavy atom. The van der Waals surface area contributed by atoms with Crippen LogP contribution in [0.3, 0.4) is 0 Å². The number of aliphatic imine (C=N–C) groups is 1. The van der Waals surface area contributed by atoms with Gasteiger partial charge in [0.25, 0.3) is 0 Å². The number of benzene rings is 3.